The molecule has 2 nitrogen and oxygen atoms in total. The van der Waals surface area contributed by atoms with Gasteiger partial charge in [-0.15, -0.1) is 0 Å². The van der Waals surface area contributed by atoms with Crippen LogP contribution in [0.2, 0.25) is 0 Å². The van der Waals surface area contributed by atoms with Crippen LogP contribution in [0.5, 0.6) is 0 Å². The molecule has 2 N–H and O–H groups in total. The third-order valence-electron chi connectivity index (χ3n) is 2.59. The Morgan fingerprint density at radius 3 is 2.87 bits per heavy atom. The summed E-state index contributed by atoms with van der Waals surface area (Å²) in [6.07, 6.45) is 4.38. The van der Waals surface area contributed by atoms with Gasteiger partial charge in [0.1, 0.15) is 0 Å². The molecule has 15 heavy (non-hydrogen) atoms. The summed E-state index contributed by atoms with van der Waals surface area (Å²) in [5, 5.41) is 1.30. The Morgan fingerprint density at radius 2 is 2.07 bits per heavy atom. The smallest absolute Gasteiger partial charge is 0.0491 e. The minimum atomic E-state index is 0.781. The molecule has 0 bridgehead atoms. The molecule has 1 heterocycles. The van der Waals surface area contributed by atoms with Crippen molar-refractivity contribution in [1.29, 1.82) is 0 Å². The van der Waals surface area contributed by atoms with Gasteiger partial charge in [0.25, 0.3) is 0 Å². The molecule has 0 amide bonds. The standard InChI is InChI=1S/C12H15BrN2/c13-11-4-3-10-5-8-15(12(10)9-11)7-2-1-6-14/h3-5,8-9H,1-2,6-7,14H2. The number of hydrogen-bond acceptors (Lipinski definition) is 1. The minimum Gasteiger partial charge on any atom is -0.347 e. The molecule has 1 aromatic carbocycles. The number of rotatable bonds is 4. The average Bonchev–Trinajstić information content (AvgIpc) is 2.62. The maximum absolute atomic E-state index is 5.49. The van der Waals surface area contributed by atoms with Gasteiger partial charge in [-0.05, 0) is 43.0 Å². The lowest BCUT2D eigenvalue weighted by molar-refractivity contribution is 0.630. The van der Waals surface area contributed by atoms with Crippen molar-refractivity contribution in [2.45, 2.75) is 19.4 Å². The fourth-order valence-electron chi connectivity index (χ4n) is 1.78. The number of benzene rings is 1. The predicted octanol–water partition coefficient (Wildman–Crippen LogP) is 3.14. The van der Waals surface area contributed by atoms with Gasteiger partial charge in [0.2, 0.25) is 0 Å². The third kappa shape index (κ3) is 2.41. The number of nitrogens with zero attached hydrogens (tertiary/aromatic N) is 1. The van der Waals surface area contributed by atoms with Crippen molar-refractivity contribution in [3.63, 3.8) is 0 Å². The second-order valence-corrected chi connectivity index (χ2v) is 4.62. The second-order valence-electron chi connectivity index (χ2n) is 3.71. The lowest BCUT2D eigenvalue weighted by Crippen LogP contribution is -2.02. The van der Waals surface area contributed by atoms with Crippen LogP contribution >= 0.6 is 15.9 Å². The van der Waals surface area contributed by atoms with Gasteiger partial charge in [-0.1, -0.05) is 22.0 Å². The minimum absolute atomic E-state index is 0.781. The molecular formula is C12H15BrN2. The van der Waals surface area contributed by atoms with Gasteiger partial charge in [-0.2, -0.15) is 0 Å². The zero-order valence-electron chi connectivity index (χ0n) is 8.62. The van der Waals surface area contributed by atoms with Crippen LogP contribution in [-0.4, -0.2) is 11.1 Å². The van der Waals surface area contributed by atoms with E-state index in [1.165, 1.54) is 10.9 Å². The maximum Gasteiger partial charge on any atom is 0.0491 e. The summed E-state index contributed by atoms with van der Waals surface area (Å²) in [6.45, 7) is 1.83. The molecule has 0 aliphatic carbocycles. The normalized spacial score (nSPS) is 11.1. The van der Waals surface area contributed by atoms with E-state index in [-0.39, 0.29) is 0 Å². The first kappa shape index (κ1) is 10.7. The molecule has 2 rings (SSSR count). The Bertz CT molecular complexity index is 448. The van der Waals surface area contributed by atoms with E-state index in [1.807, 2.05) is 0 Å². The van der Waals surface area contributed by atoms with Crippen molar-refractivity contribution in [2.24, 2.45) is 5.73 Å². The molecule has 80 valence electrons. The lowest BCUT2D eigenvalue weighted by Gasteiger charge is -2.04. The van der Waals surface area contributed by atoms with Crippen LogP contribution in [0, 0.1) is 0 Å². The van der Waals surface area contributed by atoms with Gasteiger partial charge in [-0.25, -0.2) is 0 Å². The van der Waals surface area contributed by atoms with E-state index in [2.05, 4.69) is 51.0 Å². The van der Waals surface area contributed by atoms with Crippen LogP contribution in [-0.2, 0) is 6.54 Å². The van der Waals surface area contributed by atoms with E-state index >= 15 is 0 Å². The van der Waals surface area contributed by atoms with Crippen LogP contribution in [0.3, 0.4) is 0 Å². The number of unbranched alkanes of at least 4 members (excludes halogenated alkanes) is 1. The Morgan fingerprint density at radius 1 is 1.20 bits per heavy atom. The topological polar surface area (TPSA) is 30.9 Å². The molecule has 0 aliphatic heterocycles. The van der Waals surface area contributed by atoms with Crippen LogP contribution in [0.15, 0.2) is 34.9 Å². The summed E-state index contributed by atoms with van der Waals surface area (Å²) < 4.78 is 3.42. The van der Waals surface area contributed by atoms with E-state index in [0.29, 0.717) is 0 Å². The number of fused-ring (bicyclic) bond motifs is 1. The molecular weight excluding hydrogens is 252 g/mol. The first-order chi connectivity index (χ1) is 7.31. The summed E-state index contributed by atoms with van der Waals surface area (Å²) in [4.78, 5) is 0. The number of halogens is 1. The molecule has 2 aromatic rings. The highest BCUT2D eigenvalue weighted by atomic mass is 79.9. The summed E-state index contributed by atoms with van der Waals surface area (Å²) >= 11 is 3.50. The molecule has 1 aromatic heterocycles. The maximum atomic E-state index is 5.49. The monoisotopic (exact) mass is 266 g/mol. The Labute approximate surface area is 98.2 Å². The summed E-state index contributed by atoms with van der Waals surface area (Å²) in [6, 6.07) is 8.54. The van der Waals surface area contributed by atoms with Crippen LogP contribution < -0.4 is 5.73 Å². The van der Waals surface area contributed by atoms with E-state index in [1.54, 1.807) is 0 Å². The highest BCUT2D eigenvalue weighted by Gasteiger charge is 2.00. The predicted molar refractivity (Wildman–Crippen MR) is 67.9 cm³/mol. The quantitative estimate of drug-likeness (QED) is 0.848. The van der Waals surface area contributed by atoms with Crippen molar-refractivity contribution in [3.8, 4) is 0 Å². The van der Waals surface area contributed by atoms with Crippen molar-refractivity contribution < 1.29 is 0 Å². The van der Waals surface area contributed by atoms with Gasteiger partial charge >= 0.3 is 0 Å². The molecule has 3 heteroatoms. The van der Waals surface area contributed by atoms with Gasteiger partial charge < -0.3 is 10.3 Å². The Balaban J connectivity index is 2.23. The summed E-state index contributed by atoms with van der Waals surface area (Å²) in [5.41, 5.74) is 6.78. The number of aromatic nitrogens is 1. The zero-order chi connectivity index (χ0) is 10.7. The van der Waals surface area contributed by atoms with Crippen LogP contribution in [0.1, 0.15) is 12.8 Å². The van der Waals surface area contributed by atoms with Gasteiger partial charge in [0, 0.05) is 22.7 Å². The fraction of sp³-hybridized carbons (Fsp3) is 0.333. The SMILES string of the molecule is NCCCCn1ccc2ccc(Br)cc21. The van der Waals surface area contributed by atoms with E-state index in [0.717, 1.165) is 30.4 Å². The number of nitrogens with two attached hydrogens (primary N) is 1. The first-order valence-corrected chi connectivity index (χ1v) is 6.05. The molecule has 0 saturated heterocycles. The lowest BCUT2D eigenvalue weighted by atomic mass is 10.2. The zero-order valence-corrected chi connectivity index (χ0v) is 10.2. The number of aryl methyl sites for hydroxylation is 1. The molecule has 0 aliphatic rings. The molecule has 0 radical (unpaired) electrons. The average molecular weight is 267 g/mol. The van der Waals surface area contributed by atoms with Crippen LogP contribution in [0.25, 0.3) is 10.9 Å². The molecule has 0 spiro atoms. The van der Waals surface area contributed by atoms with Gasteiger partial charge in [0.05, 0.1) is 0 Å². The van der Waals surface area contributed by atoms with E-state index in [9.17, 15) is 0 Å². The molecule has 0 fully saturated rings. The Kier molecular flexibility index (Phi) is 3.44. The molecule has 0 atom stereocenters. The fourth-order valence-corrected chi connectivity index (χ4v) is 2.13. The van der Waals surface area contributed by atoms with Crippen molar-refractivity contribution in [2.75, 3.05) is 6.54 Å². The van der Waals surface area contributed by atoms with E-state index in [4.69, 9.17) is 5.73 Å². The van der Waals surface area contributed by atoms with Crippen molar-refractivity contribution >= 4 is 26.8 Å². The van der Waals surface area contributed by atoms with Gasteiger partial charge in [0.15, 0.2) is 0 Å². The van der Waals surface area contributed by atoms with Crippen LogP contribution in [0.4, 0.5) is 0 Å². The first-order valence-electron chi connectivity index (χ1n) is 5.26. The van der Waals surface area contributed by atoms with Gasteiger partial charge in [-0.3, -0.25) is 0 Å². The highest BCUT2D eigenvalue weighted by molar-refractivity contribution is 9.10. The van der Waals surface area contributed by atoms with E-state index < -0.39 is 0 Å². The second kappa shape index (κ2) is 4.81. The molecule has 0 saturated carbocycles. The summed E-state index contributed by atoms with van der Waals surface area (Å²) in [7, 11) is 0. The van der Waals surface area contributed by atoms with Crippen molar-refractivity contribution in [3.05, 3.63) is 34.9 Å². The van der Waals surface area contributed by atoms with Crippen molar-refractivity contribution in [1.82, 2.24) is 4.57 Å². The molecule has 0 unspecified atom stereocenters. The third-order valence-corrected chi connectivity index (χ3v) is 3.08. The highest BCUT2D eigenvalue weighted by Crippen LogP contribution is 2.21. The summed E-state index contributed by atoms with van der Waals surface area (Å²) in [5.74, 6) is 0. The number of hydrogen-bond donors (Lipinski definition) is 1. The Hall–Kier alpha value is -0.800. The largest absolute Gasteiger partial charge is 0.347 e.